The van der Waals surface area contributed by atoms with Crippen LogP contribution in [-0.2, 0) is 0 Å². The summed E-state index contributed by atoms with van der Waals surface area (Å²) in [7, 11) is 0. The van der Waals surface area contributed by atoms with E-state index in [2.05, 4.69) is 18.7 Å². The van der Waals surface area contributed by atoms with Gasteiger partial charge in [0.2, 0.25) is 0 Å². The van der Waals surface area contributed by atoms with Gasteiger partial charge in [0.1, 0.15) is 0 Å². The zero-order valence-electron chi connectivity index (χ0n) is 9.13. The molecule has 2 unspecified atom stereocenters. The molecule has 2 N–H and O–H groups in total. The summed E-state index contributed by atoms with van der Waals surface area (Å²) in [5.41, 5.74) is 5.92. The largest absolute Gasteiger partial charge is 0.328 e. The fourth-order valence-corrected chi connectivity index (χ4v) is 2.28. The van der Waals surface area contributed by atoms with Crippen molar-refractivity contribution >= 4 is 0 Å². The van der Waals surface area contributed by atoms with Crippen LogP contribution < -0.4 is 5.73 Å². The highest BCUT2D eigenvalue weighted by molar-refractivity contribution is 4.84. The van der Waals surface area contributed by atoms with Crippen LogP contribution in [0.4, 0.5) is 0 Å². The van der Waals surface area contributed by atoms with Gasteiger partial charge in [-0.05, 0) is 38.8 Å². The first-order valence-electron chi connectivity index (χ1n) is 5.77. The lowest BCUT2D eigenvalue weighted by Crippen LogP contribution is -2.35. The van der Waals surface area contributed by atoms with Crippen LogP contribution in [0.1, 0.15) is 46.0 Å². The fraction of sp³-hybridized carbons (Fsp3) is 1.00. The molecule has 0 amide bonds. The zero-order valence-corrected chi connectivity index (χ0v) is 9.13. The second-order valence-corrected chi connectivity index (χ2v) is 4.21. The molecule has 0 bridgehead atoms. The lowest BCUT2D eigenvalue weighted by molar-refractivity contribution is 0.204. The lowest BCUT2D eigenvalue weighted by Gasteiger charge is -2.27. The highest BCUT2D eigenvalue weighted by atomic mass is 15.2. The highest BCUT2D eigenvalue weighted by Crippen LogP contribution is 2.22. The zero-order chi connectivity index (χ0) is 9.68. The Morgan fingerprint density at radius 2 is 2.08 bits per heavy atom. The van der Waals surface area contributed by atoms with E-state index in [0.29, 0.717) is 6.04 Å². The molecule has 1 aliphatic carbocycles. The third-order valence-electron chi connectivity index (χ3n) is 3.17. The van der Waals surface area contributed by atoms with Gasteiger partial charge in [0, 0.05) is 12.1 Å². The number of hydrogen-bond donors (Lipinski definition) is 1. The van der Waals surface area contributed by atoms with Crippen LogP contribution >= 0.6 is 0 Å². The lowest BCUT2D eigenvalue weighted by atomic mass is 10.2. The minimum Gasteiger partial charge on any atom is -0.328 e. The van der Waals surface area contributed by atoms with Gasteiger partial charge in [-0.3, -0.25) is 0 Å². The van der Waals surface area contributed by atoms with Crippen LogP contribution in [0.3, 0.4) is 0 Å². The Balaban J connectivity index is 2.29. The minimum atomic E-state index is 0.473. The summed E-state index contributed by atoms with van der Waals surface area (Å²) in [5.74, 6) is 0. The molecule has 2 atom stereocenters. The van der Waals surface area contributed by atoms with Gasteiger partial charge in [-0.15, -0.1) is 0 Å². The quantitative estimate of drug-likeness (QED) is 0.708. The van der Waals surface area contributed by atoms with Gasteiger partial charge in [0.25, 0.3) is 0 Å². The van der Waals surface area contributed by atoms with E-state index in [1.54, 1.807) is 0 Å². The molecule has 0 aliphatic heterocycles. The van der Waals surface area contributed by atoms with Crippen molar-refractivity contribution in [1.82, 2.24) is 4.90 Å². The molecule has 0 saturated heterocycles. The van der Waals surface area contributed by atoms with E-state index in [1.807, 2.05) is 0 Å². The first kappa shape index (κ1) is 11.0. The number of nitrogens with two attached hydrogens (primary N) is 1. The van der Waals surface area contributed by atoms with Crippen molar-refractivity contribution < 1.29 is 0 Å². The van der Waals surface area contributed by atoms with Gasteiger partial charge in [-0.1, -0.05) is 20.3 Å². The van der Waals surface area contributed by atoms with Gasteiger partial charge < -0.3 is 10.6 Å². The van der Waals surface area contributed by atoms with Gasteiger partial charge in [0.15, 0.2) is 0 Å². The van der Waals surface area contributed by atoms with E-state index < -0.39 is 0 Å². The Morgan fingerprint density at radius 1 is 1.31 bits per heavy atom. The van der Waals surface area contributed by atoms with Gasteiger partial charge in [0.05, 0.1) is 0 Å². The molecule has 0 heterocycles. The third kappa shape index (κ3) is 3.28. The van der Waals surface area contributed by atoms with Crippen LogP contribution in [0.25, 0.3) is 0 Å². The maximum Gasteiger partial charge on any atom is 0.0110 e. The second-order valence-electron chi connectivity index (χ2n) is 4.21. The van der Waals surface area contributed by atoms with Gasteiger partial charge in [-0.25, -0.2) is 0 Å². The molecule has 0 spiro atoms. The Hall–Kier alpha value is -0.0800. The molecule has 0 aromatic rings. The SMILES string of the molecule is CCCCN(CC)C1CCC(N)C1. The minimum absolute atomic E-state index is 0.473. The standard InChI is InChI=1S/C11H24N2/c1-3-5-8-13(4-2)11-7-6-10(12)9-11/h10-11H,3-9,12H2,1-2H3. The normalized spacial score (nSPS) is 28.6. The maximum absolute atomic E-state index is 5.92. The monoisotopic (exact) mass is 184 g/mol. The van der Waals surface area contributed by atoms with Gasteiger partial charge in [-0.2, -0.15) is 0 Å². The topological polar surface area (TPSA) is 29.3 Å². The molecule has 1 aliphatic rings. The average molecular weight is 184 g/mol. The number of nitrogens with zero attached hydrogens (tertiary/aromatic N) is 1. The van der Waals surface area contributed by atoms with Crippen molar-refractivity contribution in [2.45, 2.75) is 58.0 Å². The Labute approximate surface area is 82.5 Å². The van der Waals surface area contributed by atoms with Crippen LogP contribution in [0.2, 0.25) is 0 Å². The summed E-state index contributed by atoms with van der Waals surface area (Å²) in [6.07, 6.45) is 6.40. The molecule has 2 nitrogen and oxygen atoms in total. The smallest absolute Gasteiger partial charge is 0.0110 e. The van der Waals surface area contributed by atoms with Crippen molar-refractivity contribution in [3.8, 4) is 0 Å². The van der Waals surface area contributed by atoms with E-state index in [1.165, 1.54) is 45.2 Å². The molecule has 78 valence electrons. The molecular formula is C11H24N2. The predicted octanol–water partition coefficient (Wildman–Crippen LogP) is 1.99. The maximum atomic E-state index is 5.92. The molecule has 0 radical (unpaired) electrons. The summed E-state index contributed by atoms with van der Waals surface area (Å²) >= 11 is 0. The average Bonchev–Trinajstić information content (AvgIpc) is 2.54. The highest BCUT2D eigenvalue weighted by Gasteiger charge is 2.25. The second kappa shape index (κ2) is 5.61. The van der Waals surface area contributed by atoms with Crippen LogP contribution in [0.15, 0.2) is 0 Å². The Morgan fingerprint density at radius 3 is 2.54 bits per heavy atom. The summed E-state index contributed by atoms with van der Waals surface area (Å²) in [4.78, 5) is 2.61. The third-order valence-corrected chi connectivity index (χ3v) is 3.17. The molecule has 1 saturated carbocycles. The van der Waals surface area contributed by atoms with E-state index in [0.717, 1.165) is 6.04 Å². The summed E-state index contributed by atoms with van der Waals surface area (Å²) in [6.45, 7) is 6.98. The van der Waals surface area contributed by atoms with Crippen molar-refractivity contribution in [2.24, 2.45) is 5.73 Å². The number of unbranched alkanes of at least 4 members (excludes halogenated alkanes) is 1. The molecule has 2 heteroatoms. The predicted molar refractivity (Wildman–Crippen MR) is 57.8 cm³/mol. The van der Waals surface area contributed by atoms with E-state index in [9.17, 15) is 0 Å². The van der Waals surface area contributed by atoms with Crippen LogP contribution in [-0.4, -0.2) is 30.1 Å². The molecular weight excluding hydrogens is 160 g/mol. The van der Waals surface area contributed by atoms with Crippen molar-refractivity contribution in [3.05, 3.63) is 0 Å². The van der Waals surface area contributed by atoms with Crippen molar-refractivity contribution in [3.63, 3.8) is 0 Å². The first-order valence-corrected chi connectivity index (χ1v) is 5.77. The van der Waals surface area contributed by atoms with Crippen LogP contribution in [0.5, 0.6) is 0 Å². The molecule has 0 aromatic heterocycles. The molecule has 13 heavy (non-hydrogen) atoms. The number of hydrogen-bond acceptors (Lipinski definition) is 2. The van der Waals surface area contributed by atoms with Gasteiger partial charge >= 0.3 is 0 Å². The van der Waals surface area contributed by atoms with Crippen molar-refractivity contribution in [1.29, 1.82) is 0 Å². The van der Waals surface area contributed by atoms with E-state index >= 15 is 0 Å². The molecule has 1 rings (SSSR count). The van der Waals surface area contributed by atoms with Crippen LogP contribution in [0, 0.1) is 0 Å². The van der Waals surface area contributed by atoms with E-state index in [-0.39, 0.29) is 0 Å². The first-order chi connectivity index (χ1) is 6.27. The summed E-state index contributed by atoms with van der Waals surface area (Å²) in [6, 6.07) is 1.26. The molecule has 1 fully saturated rings. The fourth-order valence-electron chi connectivity index (χ4n) is 2.28. The molecule has 0 aromatic carbocycles. The summed E-state index contributed by atoms with van der Waals surface area (Å²) in [5, 5.41) is 0. The number of rotatable bonds is 5. The summed E-state index contributed by atoms with van der Waals surface area (Å²) < 4.78 is 0. The Kier molecular flexibility index (Phi) is 4.74. The Bertz CT molecular complexity index is 136. The van der Waals surface area contributed by atoms with Crippen molar-refractivity contribution in [2.75, 3.05) is 13.1 Å². The van der Waals surface area contributed by atoms with E-state index in [4.69, 9.17) is 5.73 Å².